The van der Waals surface area contributed by atoms with Gasteiger partial charge in [-0.1, -0.05) is 17.7 Å². The first kappa shape index (κ1) is 11.0. The fourth-order valence-electron chi connectivity index (χ4n) is 1.69. The molecule has 1 unspecified atom stereocenters. The fourth-order valence-corrected chi connectivity index (χ4v) is 2.06. The van der Waals surface area contributed by atoms with Gasteiger partial charge in [-0.25, -0.2) is 0 Å². The number of carboxylic acids is 1. The van der Waals surface area contributed by atoms with E-state index in [9.17, 15) is 4.79 Å². The minimum Gasteiger partial charge on any atom is -0.481 e. The maximum atomic E-state index is 10.9. The van der Waals surface area contributed by atoms with Crippen molar-refractivity contribution in [3.63, 3.8) is 0 Å². The number of rotatable bonds is 2. The molecule has 16 heavy (non-hydrogen) atoms. The third-order valence-corrected chi connectivity index (χ3v) is 3.05. The molecule has 0 bridgehead atoms. The predicted octanol–water partition coefficient (Wildman–Crippen LogP) is 3.58. The summed E-state index contributed by atoms with van der Waals surface area (Å²) in [5.74, 6) is -0.745. The molecular formula is C12H11ClO3. The number of aliphatic carboxylic acids is 1. The van der Waals surface area contributed by atoms with Gasteiger partial charge in [0.25, 0.3) is 0 Å². The number of carboxylic acid groups (broad SMARTS) is 1. The number of hydrogen-bond donors (Lipinski definition) is 1. The second-order valence-corrected chi connectivity index (χ2v) is 4.18. The van der Waals surface area contributed by atoms with E-state index in [2.05, 4.69) is 0 Å². The van der Waals surface area contributed by atoms with Gasteiger partial charge in [-0.05, 0) is 31.5 Å². The standard InChI is InChI=1S/C12H11ClO3/c1-6-5-9-10(16-6)4-3-8(11(9)13)7(2)12(14)15/h3-5,7H,1-2H3,(H,14,15). The van der Waals surface area contributed by atoms with E-state index >= 15 is 0 Å². The lowest BCUT2D eigenvalue weighted by Crippen LogP contribution is -2.07. The van der Waals surface area contributed by atoms with Gasteiger partial charge in [0.15, 0.2) is 0 Å². The van der Waals surface area contributed by atoms with Crippen molar-refractivity contribution in [2.24, 2.45) is 0 Å². The minimum absolute atomic E-state index is 0.462. The van der Waals surface area contributed by atoms with E-state index in [0.29, 0.717) is 16.2 Å². The summed E-state index contributed by atoms with van der Waals surface area (Å²) < 4.78 is 5.41. The van der Waals surface area contributed by atoms with Crippen molar-refractivity contribution < 1.29 is 14.3 Å². The van der Waals surface area contributed by atoms with Crippen LogP contribution in [-0.2, 0) is 4.79 Å². The summed E-state index contributed by atoms with van der Waals surface area (Å²) in [6.07, 6.45) is 0. The molecule has 0 saturated carbocycles. The highest BCUT2D eigenvalue weighted by Gasteiger charge is 2.19. The zero-order valence-electron chi connectivity index (χ0n) is 8.95. The molecule has 1 aromatic carbocycles. The number of halogens is 1. The van der Waals surface area contributed by atoms with E-state index in [1.165, 1.54) is 0 Å². The molecule has 0 fully saturated rings. The first-order valence-corrected chi connectivity index (χ1v) is 5.30. The molecule has 0 radical (unpaired) electrons. The van der Waals surface area contributed by atoms with Crippen LogP contribution in [0.2, 0.25) is 5.02 Å². The molecule has 0 aliphatic heterocycles. The Labute approximate surface area is 97.6 Å². The second-order valence-electron chi connectivity index (χ2n) is 3.80. The van der Waals surface area contributed by atoms with Crippen LogP contribution in [0.1, 0.15) is 24.2 Å². The summed E-state index contributed by atoms with van der Waals surface area (Å²) in [7, 11) is 0. The van der Waals surface area contributed by atoms with Gasteiger partial charge >= 0.3 is 5.97 Å². The Morgan fingerprint density at radius 2 is 2.19 bits per heavy atom. The molecular weight excluding hydrogens is 228 g/mol. The topological polar surface area (TPSA) is 50.4 Å². The summed E-state index contributed by atoms with van der Waals surface area (Å²) in [6.45, 7) is 3.44. The molecule has 0 amide bonds. The molecule has 0 aliphatic rings. The highest BCUT2D eigenvalue weighted by Crippen LogP contribution is 2.33. The Morgan fingerprint density at radius 1 is 1.50 bits per heavy atom. The largest absolute Gasteiger partial charge is 0.481 e. The second kappa shape index (κ2) is 3.83. The molecule has 1 heterocycles. The average molecular weight is 239 g/mol. The first-order valence-electron chi connectivity index (χ1n) is 4.92. The highest BCUT2D eigenvalue weighted by molar-refractivity contribution is 6.36. The van der Waals surface area contributed by atoms with E-state index in [4.69, 9.17) is 21.1 Å². The lowest BCUT2D eigenvalue weighted by atomic mass is 10.00. The van der Waals surface area contributed by atoms with Crippen LogP contribution in [0, 0.1) is 6.92 Å². The van der Waals surface area contributed by atoms with Crippen molar-refractivity contribution in [1.29, 1.82) is 0 Å². The van der Waals surface area contributed by atoms with Gasteiger partial charge < -0.3 is 9.52 Å². The summed E-state index contributed by atoms with van der Waals surface area (Å²) in [5.41, 5.74) is 1.30. The molecule has 3 nitrogen and oxygen atoms in total. The zero-order valence-corrected chi connectivity index (χ0v) is 9.71. The molecule has 2 aromatic rings. The van der Waals surface area contributed by atoms with E-state index in [1.807, 2.05) is 13.0 Å². The van der Waals surface area contributed by atoms with Crippen LogP contribution >= 0.6 is 11.6 Å². The Kier molecular flexibility index (Phi) is 2.64. The maximum absolute atomic E-state index is 10.9. The van der Waals surface area contributed by atoms with Crippen LogP contribution < -0.4 is 0 Å². The SMILES string of the molecule is Cc1cc2c(Cl)c(C(C)C(=O)O)ccc2o1. The van der Waals surface area contributed by atoms with E-state index in [-0.39, 0.29) is 0 Å². The van der Waals surface area contributed by atoms with Crippen molar-refractivity contribution in [3.8, 4) is 0 Å². The number of hydrogen-bond acceptors (Lipinski definition) is 2. The van der Waals surface area contributed by atoms with Crippen molar-refractivity contribution in [2.45, 2.75) is 19.8 Å². The van der Waals surface area contributed by atoms with E-state index < -0.39 is 11.9 Å². The molecule has 1 aromatic heterocycles. The van der Waals surface area contributed by atoms with Crippen LogP contribution in [0.3, 0.4) is 0 Å². The van der Waals surface area contributed by atoms with Crippen LogP contribution in [0.25, 0.3) is 11.0 Å². The number of aryl methyl sites for hydroxylation is 1. The number of carbonyl (C=O) groups is 1. The van der Waals surface area contributed by atoms with Crippen LogP contribution in [-0.4, -0.2) is 11.1 Å². The highest BCUT2D eigenvalue weighted by atomic mass is 35.5. The Bertz CT molecular complexity index is 557. The lowest BCUT2D eigenvalue weighted by molar-refractivity contribution is -0.138. The Balaban J connectivity index is 2.64. The lowest BCUT2D eigenvalue weighted by Gasteiger charge is -2.08. The monoisotopic (exact) mass is 238 g/mol. The fraction of sp³-hybridized carbons (Fsp3) is 0.250. The van der Waals surface area contributed by atoms with Crippen LogP contribution in [0.4, 0.5) is 0 Å². The summed E-state index contributed by atoms with van der Waals surface area (Å²) in [6, 6.07) is 5.27. The molecule has 1 N–H and O–H groups in total. The van der Waals surface area contributed by atoms with Gasteiger partial charge in [-0.15, -0.1) is 0 Å². The van der Waals surface area contributed by atoms with Gasteiger partial charge in [-0.3, -0.25) is 4.79 Å². The molecule has 4 heteroatoms. The van der Waals surface area contributed by atoms with E-state index in [0.717, 1.165) is 11.1 Å². The summed E-state index contributed by atoms with van der Waals surface area (Å²) in [5, 5.41) is 10.2. The van der Waals surface area contributed by atoms with Crippen molar-refractivity contribution in [1.82, 2.24) is 0 Å². The normalized spacial score (nSPS) is 12.9. The minimum atomic E-state index is -0.888. The third kappa shape index (κ3) is 1.67. The van der Waals surface area contributed by atoms with Crippen LogP contribution in [0.15, 0.2) is 22.6 Å². The van der Waals surface area contributed by atoms with Gasteiger partial charge in [0.1, 0.15) is 11.3 Å². The Hall–Kier alpha value is -1.48. The quantitative estimate of drug-likeness (QED) is 0.870. The van der Waals surface area contributed by atoms with Crippen molar-refractivity contribution >= 4 is 28.5 Å². The summed E-state index contributed by atoms with van der Waals surface area (Å²) >= 11 is 6.17. The van der Waals surface area contributed by atoms with Crippen LogP contribution in [0.5, 0.6) is 0 Å². The Morgan fingerprint density at radius 3 is 2.81 bits per heavy atom. The van der Waals surface area contributed by atoms with E-state index in [1.54, 1.807) is 19.1 Å². The number of benzene rings is 1. The maximum Gasteiger partial charge on any atom is 0.310 e. The van der Waals surface area contributed by atoms with Crippen molar-refractivity contribution in [2.75, 3.05) is 0 Å². The predicted molar refractivity (Wildman–Crippen MR) is 62.0 cm³/mol. The average Bonchev–Trinajstić information content (AvgIpc) is 2.59. The van der Waals surface area contributed by atoms with Gasteiger partial charge in [-0.2, -0.15) is 0 Å². The smallest absolute Gasteiger partial charge is 0.310 e. The molecule has 1 atom stereocenters. The molecule has 0 spiro atoms. The number of furan rings is 1. The number of fused-ring (bicyclic) bond motifs is 1. The molecule has 84 valence electrons. The van der Waals surface area contributed by atoms with Crippen molar-refractivity contribution in [3.05, 3.63) is 34.5 Å². The van der Waals surface area contributed by atoms with Gasteiger partial charge in [0.2, 0.25) is 0 Å². The summed E-state index contributed by atoms with van der Waals surface area (Å²) in [4.78, 5) is 10.9. The molecule has 0 aliphatic carbocycles. The third-order valence-electron chi connectivity index (χ3n) is 2.63. The first-order chi connectivity index (χ1) is 7.50. The zero-order chi connectivity index (χ0) is 11.9. The molecule has 2 rings (SSSR count). The molecule has 0 saturated heterocycles. The van der Waals surface area contributed by atoms with Gasteiger partial charge in [0, 0.05) is 5.39 Å². The van der Waals surface area contributed by atoms with Gasteiger partial charge in [0.05, 0.1) is 10.9 Å².